The van der Waals surface area contributed by atoms with Gasteiger partial charge in [0.15, 0.2) is 12.5 Å². The fourth-order valence-electron chi connectivity index (χ4n) is 2.77. The normalized spacial score (nSPS) is 20.4. The topological polar surface area (TPSA) is 55.7 Å². The summed E-state index contributed by atoms with van der Waals surface area (Å²) in [5.74, 6) is 0. The Morgan fingerprint density at radius 3 is 2.58 bits per heavy atom. The van der Waals surface area contributed by atoms with E-state index in [4.69, 9.17) is 4.74 Å². The van der Waals surface area contributed by atoms with Crippen LogP contribution in [-0.4, -0.2) is 20.2 Å². The summed E-state index contributed by atoms with van der Waals surface area (Å²) < 4.78 is 32.6. The summed E-state index contributed by atoms with van der Waals surface area (Å²) in [6, 6.07) is 16.8. The molecule has 2 heterocycles. The highest BCUT2D eigenvalue weighted by Crippen LogP contribution is 2.39. The molecule has 0 amide bonds. The van der Waals surface area contributed by atoms with Gasteiger partial charge in [0.2, 0.25) is 15.2 Å². The lowest BCUT2D eigenvalue weighted by atomic mass is 10.2. The van der Waals surface area contributed by atoms with Crippen LogP contribution < -0.4 is 0 Å². The lowest BCUT2D eigenvalue weighted by Crippen LogP contribution is -2.24. The molecule has 0 bridgehead atoms. The van der Waals surface area contributed by atoms with Crippen molar-refractivity contribution in [2.24, 2.45) is 4.99 Å². The molecule has 0 N–H and O–H groups in total. The summed E-state index contributed by atoms with van der Waals surface area (Å²) in [5.41, 5.74) is 1.01. The number of aliphatic imine (C=N–C) groups is 1. The third-order valence-corrected chi connectivity index (χ3v) is 7.18. The quantitative estimate of drug-likeness (QED) is 0.709. The van der Waals surface area contributed by atoms with Crippen LogP contribution in [0.4, 0.5) is 0 Å². The molecule has 2 atom stereocenters. The number of fused-ring (bicyclic) bond motifs is 1. The van der Waals surface area contributed by atoms with Crippen LogP contribution in [0.25, 0.3) is 10.1 Å². The van der Waals surface area contributed by atoms with Crippen LogP contribution in [0, 0.1) is 6.92 Å². The van der Waals surface area contributed by atoms with Crippen molar-refractivity contribution in [2.75, 3.05) is 0 Å². The molecule has 2 aromatic carbocycles. The summed E-state index contributed by atoms with van der Waals surface area (Å²) in [5, 5.41) is 0.132. The first kappa shape index (κ1) is 15.4. The van der Waals surface area contributed by atoms with Crippen molar-refractivity contribution in [3.05, 3.63) is 65.0 Å². The van der Waals surface area contributed by atoms with Crippen molar-refractivity contribution >= 4 is 37.7 Å². The molecule has 24 heavy (non-hydrogen) atoms. The summed E-state index contributed by atoms with van der Waals surface area (Å²) in [6.45, 7) is 1.92. The third-order valence-electron chi connectivity index (χ3n) is 4.07. The first-order valence-electron chi connectivity index (χ1n) is 7.52. The number of thiophene rings is 1. The number of nitrogens with zero attached hydrogens (tertiary/aromatic N) is 1. The first-order valence-corrected chi connectivity index (χ1v) is 9.88. The largest absolute Gasteiger partial charge is 0.471 e. The van der Waals surface area contributed by atoms with Crippen LogP contribution in [0.3, 0.4) is 0 Å². The van der Waals surface area contributed by atoms with Crippen LogP contribution in [-0.2, 0) is 14.6 Å². The van der Waals surface area contributed by atoms with Crippen LogP contribution >= 0.6 is 11.3 Å². The van der Waals surface area contributed by atoms with Gasteiger partial charge in [0.1, 0.15) is 0 Å². The zero-order valence-electron chi connectivity index (χ0n) is 12.9. The highest BCUT2D eigenvalue weighted by atomic mass is 32.2. The average Bonchev–Trinajstić information content (AvgIpc) is 3.22. The fourth-order valence-corrected chi connectivity index (χ4v) is 5.52. The van der Waals surface area contributed by atoms with Gasteiger partial charge >= 0.3 is 0 Å². The van der Waals surface area contributed by atoms with E-state index in [1.54, 1.807) is 35.6 Å². The predicted molar refractivity (Wildman–Crippen MR) is 96.3 cm³/mol. The lowest BCUT2D eigenvalue weighted by Gasteiger charge is -2.16. The summed E-state index contributed by atoms with van der Waals surface area (Å²) in [4.78, 5) is 5.25. The second kappa shape index (κ2) is 5.72. The van der Waals surface area contributed by atoms with E-state index in [9.17, 15) is 8.42 Å². The van der Waals surface area contributed by atoms with Crippen molar-refractivity contribution < 1.29 is 13.2 Å². The molecule has 0 spiro atoms. The molecular formula is C18H15NO3S2. The Kier molecular flexibility index (Phi) is 3.66. The van der Waals surface area contributed by atoms with Crippen LogP contribution in [0.15, 0.2) is 64.5 Å². The summed E-state index contributed by atoms with van der Waals surface area (Å²) in [6.07, 6.45) is 0.652. The summed E-state index contributed by atoms with van der Waals surface area (Å²) in [7, 11) is -3.61. The van der Waals surface area contributed by atoms with Gasteiger partial charge in [-0.3, -0.25) is 0 Å². The van der Waals surface area contributed by atoms with E-state index < -0.39 is 21.3 Å². The molecule has 3 aromatic rings. The molecule has 1 aromatic heterocycles. The van der Waals surface area contributed by atoms with Gasteiger partial charge in [0.25, 0.3) is 0 Å². The predicted octanol–water partition coefficient (Wildman–Crippen LogP) is 4.11. The lowest BCUT2D eigenvalue weighted by molar-refractivity contribution is 0.231. The maximum absolute atomic E-state index is 13.0. The smallest absolute Gasteiger partial charge is 0.205 e. The Balaban J connectivity index is 1.74. The van der Waals surface area contributed by atoms with E-state index in [1.165, 1.54) is 6.40 Å². The minimum Gasteiger partial charge on any atom is -0.471 e. The molecule has 4 rings (SSSR count). The molecule has 122 valence electrons. The first-order chi connectivity index (χ1) is 11.6. The molecule has 0 fully saturated rings. The highest BCUT2D eigenvalue weighted by Gasteiger charge is 2.40. The van der Waals surface area contributed by atoms with Gasteiger partial charge in [-0.1, -0.05) is 35.9 Å². The van der Waals surface area contributed by atoms with Gasteiger partial charge in [-0.2, -0.15) is 0 Å². The molecule has 1 aliphatic heterocycles. The van der Waals surface area contributed by atoms with Gasteiger partial charge in [-0.15, -0.1) is 11.3 Å². The van der Waals surface area contributed by atoms with Crippen molar-refractivity contribution in [2.45, 2.75) is 23.3 Å². The number of rotatable bonds is 3. The Bertz CT molecular complexity index is 987. The molecule has 1 unspecified atom stereocenters. The van der Waals surface area contributed by atoms with Gasteiger partial charge in [-0.25, -0.2) is 13.4 Å². The third kappa shape index (κ3) is 2.52. The van der Waals surface area contributed by atoms with E-state index in [2.05, 4.69) is 4.99 Å². The highest BCUT2D eigenvalue weighted by molar-refractivity contribution is 7.92. The number of ether oxygens (including phenoxy) is 1. The molecule has 6 heteroatoms. The number of hydrogen-bond donors (Lipinski definition) is 0. The van der Waals surface area contributed by atoms with Gasteiger partial charge in [-0.05, 0) is 36.6 Å². The molecule has 4 nitrogen and oxygen atoms in total. The Hall–Kier alpha value is -2.18. The molecule has 0 saturated carbocycles. The van der Waals surface area contributed by atoms with E-state index >= 15 is 0 Å². The van der Waals surface area contributed by atoms with Crippen molar-refractivity contribution in [1.82, 2.24) is 0 Å². The SMILES string of the molecule is Cc1ccc(S(=O)(=O)[C@@H]2N=COC2c2cc3ccccc3s2)cc1. The molecule has 0 saturated heterocycles. The second-order valence-corrected chi connectivity index (χ2v) is 8.91. The van der Waals surface area contributed by atoms with E-state index in [0.717, 1.165) is 20.5 Å². The number of aryl methyl sites for hydroxylation is 1. The van der Waals surface area contributed by atoms with Crippen molar-refractivity contribution in [3.8, 4) is 0 Å². The number of hydrogen-bond acceptors (Lipinski definition) is 5. The van der Waals surface area contributed by atoms with Gasteiger partial charge in [0, 0.05) is 9.58 Å². The molecular weight excluding hydrogens is 342 g/mol. The summed E-state index contributed by atoms with van der Waals surface area (Å²) >= 11 is 1.54. The molecule has 1 aliphatic rings. The Morgan fingerprint density at radius 1 is 1.08 bits per heavy atom. The fraction of sp³-hybridized carbons (Fsp3) is 0.167. The van der Waals surface area contributed by atoms with Crippen LogP contribution in [0.1, 0.15) is 16.5 Å². The van der Waals surface area contributed by atoms with Crippen LogP contribution in [0.5, 0.6) is 0 Å². The molecule has 0 radical (unpaired) electrons. The maximum Gasteiger partial charge on any atom is 0.205 e. The number of sulfone groups is 1. The van der Waals surface area contributed by atoms with E-state index in [1.807, 2.05) is 37.3 Å². The number of benzene rings is 2. The van der Waals surface area contributed by atoms with E-state index in [0.29, 0.717) is 0 Å². The molecule has 0 aliphatic carbocycles. The Labute approximate surface area is 144 Å². The standard InChI is InChI=1S/C18H15NO3S2/c1-12-6-8-14(9-7-12)24(20,21)18-17(22-11-19-18)16-10-13-4-2-3-5-15(13)23-16/h2-11,17-18H,1H3/t17?,18-/m0/s1. The van der Waals surface area contributed by atoms with Crippen LogP contribution in [0.2, 0.25) is 0 Å². The van der Waals surface area contributed by atoms with Gasteiger partial charge < -0.3 is 4.74 Å². The zero-order valence-corrected chi connectivity index (χ0v) is 14.5. The minimum absolute atomic E-state index is 0.270. The van der Waals surface area contributed by atoms with Crippen molar-refractivity contribution in [3.63, 3.8) is 0 Å². The maximum atomic E-state index is 13.0. The second-order valence-electron chi connectivity index (χ2n) is 5.75. The van der Waals surface area contributed by atoms with Gasteiger partial charge in [0.05, 0.1) is 4.90 Å². The average molecular weight is 357 g/mol. The van der Waals surface area contributed by atoms with E-state index in [-0.39, 0.29) is 4.90 Å². The minimum atomic E-state index is -3.61. The van der Waals surface area contributed by atoms with Crippen molar-refractivity contribution in [1.29, 1.82) is 0 Å². The Morgan fingerprint density at radius 2 is 1.83 bits per heavy atom. The zero-order chi connectivity index (χ0) is 16.7. The monoisotopic (exact) mass is 357 g/mol.